The van der Waals surface area contributed by atoms with Gasteiger partial charge in [-0.15, -0.1) is 0 Å². The van der Waals surface area contributed by atoms with Crippen LogP contribution < -0.4 is 15.1 Å². The summed E-state index contributed by atoms with van der Waals surface area (Å²) in [5, 5.41) is 9.51. The molecular formula is C18H13NO4. The van der Waals surface area contributed by atoms with Crippen LogP contribution in [0.3, 0.4) is 0 Å². The van der Waals surface area contributed by atoms with E-state index in [1.165, 1.54) is 6.07 Å². The zero-order valence-electron chi connectivity index (χ0n) is 12.2. The molecule has 114 valence electrons. The number of nitriles is 1. The lowest BCUT2D eigenvalue weighted by atomic mass is 10.2. The molecule has 0 spiro atoms. The van der Waals surface area contributed by atoms with Gasteiger partial charge in [-0.3, -0.25) is 0 Å². The molecule has 3 rings (SSSR count). The lowest BCUT2D eigenvalue weighted by Crippen LogP contribution is -2.10. The minimum Gasteiger partial charge on any atom is -0.490 e. The Kier molecular flexibility index (Phi) is 4.25. The summed E-state index contributed by atoms with van der Waals surface area (Å²) in [6, 6.07) is 18.0. The topological polar surface area (TPSA) is 72.5 Å². The number of hydrogen-bond donors (Lipinski definition) is 0. The first-order chi connectivity index (χ1) is 11.3. The van der Waals surface area contributed by atoms with Crippen LogP contribution in [0, 0.1) is 11.3 Å². The molecule has 0 unspecified atom stereocenters. The van der Waals surface area contributed by atoms with Gasteiger partial charge in [0, 0.05) is 5.39 Å². The SMILES string of the molecule is N#Cc1cc2cccc(OCCOc3ccccc3)c2oc1=O. The molecule has 0 radical (unpaired) electrons. The van der Waals surface area contributed by atoms with Crippen molar-refractivity contribution in [3.63, 3.8) is 0 Å². The number of ether oxygens (including phenoxy) is 2. The smallest absolute Gasteiger partial charge is 0.354 e. The van der Waals surface area contributed by atoms with Gasteiger partial charge in [0.1, 0.15) is 30.6 Å². The summed E-state index contributed by atoms with van der Waals surface area (Å²) in [4.78, 5) is 11.7. The first kappa shape index (κ1) is 14.7. The summed E-state index contributed by atoms with van der Waals surface area (Å²) < 4.78 is 16.4. The molecule has 0 N–H and O–H groups in total. The standard InChI is InChI=1S/C18H13NO4/c19-12-14-11-13-5-4-8-16(17(13)23-18(14)20)22-10-9-21-15-6-2-1-3-7-15/h1-8,11H,9-10H2. The van der Waals surface area contributed by atoms with Gasteiger partial charge in [-0.05, 0) is 24.3 Å². The van der Waals surface area contributed by atoms with E-state index in [1.54, 1.807) is 18.2 Å². The Balaban J connectivity index is 1.72. The van der Waals surface area contributed by atoms with Gasteiger partial charge in [-0.2, -0.15) is 5.26 Å². The Labute approximate surface area is 132 Å². The van der Waals surface area contributed by atoms with Crippen LogP contribution in [0.1, 0.15) is 5.56 Å². The molecule has 0 saturated carbocycles. The Bertz CT molecular complexity index is 910. The van der Waals surface area contributed by atoms with E-state index in [9.17, 15) is 4.79 Å². The van der Waals surface area contributed by atoms with Gasteiger partial charge in [0.15, 0.2) is 11.3 Å². The van der Waals surface area contributed by atoms with Crippen molar-refractivity contribution in [2.75, 3.05) is 13.2 Å². The van der Waals surface area contributed by atoms with Crippen LogP contribution in [0.5, 0.6) is 11.5 Å². The molecule has 23 heavy (non-hydrogen) atoms. The number of fused-ring (bicyclic) bond motifs is 1. The maximum Gasteiger partial charge on any atom is 0.354 e. The van der Waals surface area contributed by atoms with Crippen molar-refractivity contribution in [2.45, 2.75) is 0 Å². The van der Waals surface area contributed by atoms with Crippen LogP contribution in [-0.2, 0) is 0 Å². The van der Waals surface area contributed by atoms with E-state index >= 15 is 0 Å². The second kappa shape index (κ2) is 6.67. The van der Waals surface area contributed by atoms with E-state index in [2.05, 4.69) is 0 Å². The summed E-state index contributed by atoms with van der Waals surface area (Å²) >= 11 is 0. The van der Waals surface area contributed by atoms with E-state index in [0.717, 1.165) is 5.75 Å². The van der Waals surface area contributed by atoms with Gasteiger partial charge >= 0.3 is 5.63 Å². The fourth-order valence-electron chi connectivity index (χ4n) is 2.14. The fraction of sp³-hybridized carbons (Fsp3) is 0.111. The minimum absolute atomic E-state index is 0.0259. The van der Waals surface area contributed by atoms with E-state index in [1.807, 2.05) is 36.4 Å². The van der Waals surface area contributed by atoms with Crippen molar-refractivity contribution in [1.29, 1.82) is 5.26 Å². The first-order valence-electron chi connectivity index (χ1n) is 7.05. The molecule has 5 heteroatoms. The van der Waals surface area contributed by atoms with Gasteiger partial charge in [0.05, 0.1) is 0 Å². The highest BCUT2D eigenvalue weighted by Gasteiger charge is 2.09. The van der Waals surface area contributed by atoms with E-state index in [-0.39, 0.29) is 5.56 Å². The molecule has 0 atom stereocenters. The second-order valence-corrected chi connectivity index (χ2v) is 4.74. The fourth-order valence-corrected chi connectivity index (χ4v) is 2.14. The van der Waals surface area contributed by atoms with Crippen LogP contribution in [0.2, 0.25) is 0 Å². The Morgan fingerprint density at radius 2 is 1.78 bits per heavy atom. The molecule has 5 nitrogen and oxygen atoms in total. The van der Waals surface area contributed by atoms with Crippen LogP contribution in [0.4, 0.5) is 0 Å². The van der Waals surface area contributed by atoms with Gasteiger partial charge in [-0.25, -0.2) is 4.79 Å². The monoisotopic (exact) mass is 307 g/mol. The number of benzene rings is 2. The zero-order valence-corrected chi connectivity index (χ0v) is 12.2. The Morgan fingerprint density at radius 1 is 1.00 bits per heavy atom. The lowest BCUT2D eigenvalue weighted by molar-refractivity contribution is 0.217. The van der Waals surface area contributed by atoms with Gasteiger partial charge in [0.25, 0.3) is 0 Å². The third-order valence-electron chi connectivity index (χ3n) is 3.20. The summed E-state index contributed by atoms with van der Waals surface area (Å²) in [6.07, 6.45) is 0. The molecule has 2 aromatic carbocycles. The van der Waals surface area contributed by atoms with Crippen LogP contribution in [-0.4, -0.2) is 13.2 Å². The maximum absolute atomic E-state index is 11.7. The molecule has 0 bridgehead atoms. The van der Waals surface area contributed by atoms with Crippen molar-refractivity contribution in [3.8, 4) is 17.6 Å². The van der Waals surface area contributed by atoms with Crippen molar-refractivity contribution in [1.82, 2.24) is 0 Å². The van der Waals surface area contributed by atoms with Crippen LogP contribution in [0.25, 0.3) is 11.0 Å². The Morgan fingerprint density at radius 3 is 2.57 bits per heavy atom. The highest BCUT2D eigenvalue weighted by Crippen LogP contribution is 2.24. The molecule has 1 heterocycles. The average Bonchev–Trinajstić information content (AvgIpc) is 2.59. The number of para-hydroxylation sites is 2. The van der Waals surface area contributed by atoms with Crippen molar-refractivity contribution in [3.05, 3.63) is 70.6 Å². The summed E-state index contributed by atoms with van der Waals surface area (Å²) in [5.41, 5.74) is -0.366. The number of rotatable bonds is 5. The quantitative estimate of drug-likeness (QED) is 0.535. The molecule has 0 saturated heterocycles. The lowest BCUT2D eigenvalue weighted by Gasteiger charge is -2.09. The third kappa shape index (κ3) is 3.33. The predicted octanol–water partition coefficient (Wildman–Crippen LogP) is 3.12. The van der Waals surface area contributed by atoms with E-state index in [4.69, 9.17) is 19.2 Å². The molecular weight excluding hydrogens is 294 g/mol. The van der Waals surface area contributed by atoms with Crippen molar-refractivity contribution >= 4 is 11.0 Å². The summed E-state index contributed by atoms with van der Waals surface area (Å²) in [5.74, 6) is 1.21. The maximum atomic E-state index is 11.7. The van der Waals surface area contributed by atoms with E-state index in [0.29, 0.717) is 29.9 Å². The molecule has 0 aliphatic carbocycles. The van der Waals surface area contributed by atoms with Gasteiger partial charge in [0.2, 0.25) is 0 Å². The number of hydrogen-bond acceptors (Lipinski definition) is 5. The number of nitrogens with zero attached hydrogens (tertiary/aromatic N) is 1. The van der Waals surface area contributed by atoms with Crippen LogP contribution in [0.15, 0.2) is 63.8 Å². The van der Waals surface area contributed by atoms with Gasteiger partial charge in [-0.1, -0.05) is 30.3 Å². The summed E-state index contributed by atoms with van der Waals surface area (Å²) in [7, 11) is 0. The highest BCUT2D eigenvalue weighted by atomic mass is 16.5. The predicted molar refractivity (Wildman–Crippen MR) is 84.6 cm³/mol. The van der Waals surface area contributed by atoms with E-state index < -0.39 is 5.63 Å². The van der Waals surface area contributed by atoms with Crippen molar-refractivity contribution < 1.29 is 13.9 Å². The Hall–Kier alpha value is -3.26. The van der Waals surface area contributed by atoms with Crippen LogP contribution >= 0.6 is 0 Å². The molecule has 3 aromatic rings. The molecule has 0 fully saturated rings. The minimum atomic E-state index is -0.670. The second-order valence-electron chi connectivity index (χ2n) is 4.74. The summed E-state index contributed by atoms with van der Waals surface area (Å²) in [6.45, 7) is 0.665. The average molecular weight is 307 g/mol. The third-order valence-corrected chi connectivity index (χ3v) is 3.20. The molecule has 1 aromatic heterocycles. The van der Waals surface area contributed by atoms with Crippen molar-refractivity contribution in [2.24, 2.45) is 0 Å². The molecule has 0 aliphatic heterocycles. The first-order valence-corrected chi connectivity index (χ1v) is 7.05. The zero-order chi connectivity index (χ0) is 16.1. The largest absolute Gasteiger partial charge is 0.490 e. The molecule has 0 amide bonds. The normalized spacial score (nSPS) is 10.2. The highest BCUT2D eigenvalue weighted by molar-refractivity contribution is 5.83. The molecule has 0 aliphatic rings. The van der Waals surface area contributed by atoms with Gasteiger partial charge < -0.3 is 13.9 Å².